The minimum atomic E-state index is -0.388. The zero-order chi connectivity index (χ0) is 21.1. The van der Waals surface area contributed by atoms with Gasteiger partial charge in [0, 0.05) is 17.8 Å². The topological polar surface area (TPSA) is 66.9 Å². The molecule has 1 atom stereocenters. The second-order valence-electron chi connectivity index (χ2n) is 6.75. The molecule has 30 heavy (non-hydrogen) atoms. The van der Waals surface area contributed by atoms with E-state index >= 15 is 0 Å². The number of H-pyrrole nitrogens is 1. The van der Waals surface area contributed by atoms with Gasteiger partial charge in [0.15, 0.2) is 4.77 Å². The Morgan fingerprint density at radius 1 is 1.13 bits per heavy atom. The van der Waals surface area contributed by atoms with Gasteiger partial charge in [0.2, 0.25) is 5.91 Å². The number of hydrogen-bond donors (Lipinski definition) is 2. The van der Waals surface area contributed by atoms with Gasteiger partial charge in [-0.15, -0.1) is 11.3 Å². The van der Waals surface area contributed by atoms with Crippen molar-refractivity contribution in [3.8, 4) is 0 Å². The molecule has 2 aromatic heterocycles. The number of hydrogen-bond acceptors (Lipinski definition) is 4. The summed E-state index contributed by atoms with van der Waals surface area (Å²) in [6, 6.07) is 16.6. The molecule has 152 valence electrons. The molecule has 5 nitrogen and oxygen atoms in total. The van der Waals surface area contributed by atoms with E-state index in [1.54, 1.807) is 30.3 Å². The van der Waals surface area contributed by atoms with Crippen LogP contribution in [0.4, 0.5) is 4.39 Å². The van der Waals surface area contributed by atoms with Crippen molar-refractivity contribution in [2.75, 3.05) is 0 Å². The lowest BCUT2D eigenvalue weighted by atomic mass is 10.1. The Kier molecular flexibility index (Phi) is 5.87. The van der Waals surface area contributed by atoms with Crippen LogP contribution in [0.5, 0.6) is 0 Å². The summed E-state index contributed by atoms with van der Waals surface area (Å²) in [5, 5.41) is 5.44. The quantitative estimate of drug-likeness (QED) is 0.433. The summed E-state index contributed by atoms with van der Waals surface area (Å²) in [6.45, 7) is 0.158. The van der Waals surface area contributed by atoms with Crippen molar-refractivity contribution in [1.82, 2.24) is 14.9 Å². The first-order chi connectivity index (χ1) is 14.5. The van der Waals surface area contributed by atoms with Crippen molar-refractivity contribution in [1.29, 1.82) is 0 Å². The summed E-state index contributed by atoms with van der Waals surface area (Å²) < 4.78 is 15.0. The Hall–Kier alpha value is -3.10. The number of amides is 1. The van der Waals surface area contributed by atoms with E-state index in [1.165, 1.54) is 28.0 Å². The predicted octanol–water partition coefficient (Wildman–Crippen LogP) is 4.56. The molecule has 4 rings (SSSR count). The van der Waals surface area contributed by atoms with Gasteiger partial charge in [-0.25, -0.2) is 4.39 Å². The minimum Gasteiger partial charge on any atom is -0.344 e. The highest BCUT2D eigenvalue weighted by Gasteiger charge is 2.18. The molecule has 1 amide bonds. The molecule has 0 aliphatic heterocycles. The summed E-state index contributed by atoms with van der Waals surface area (Å²) >= 11 is 6.81. The molecule has 2 heterocycles. The number of rotatable bonds is 6. The average molecular weight is 440 g/mol. The zero-order valence-corrected chi connectivity index (χ0v) is 17.4. The summed E-state index contributed by atoms with van der Waals surface area (Å²) in [7, 11) is 0. The first kappa shape index (κ1) is 20.2. The Balaban J connectivity index is 1.54. The van der Waals surface area contributed by atoms with Crippen LogP contribution in [0.25, 0.3) is 10.9 Å². The van der Waals surface area contributed by atoms with Gasteiger partial charge < -0.3 is 10.3 Å². The first-order valence-corrected chi connectivity index (χ1v) is 10.6. The van der Waals surface area contributed by atoms with Crippen molar-refractivity contribution in [2.45, 2.75) is 19.0 Å². The van der Waals surface area contributed by atoms with Crippen LogP contribution in [0, 0.1) is 10.6 Å². The van der Waals surface area contributed by atoms with E-state index in [9.17, 15) is 14.0 Å². The fourth-order valence-corrected chi connectivity index (χ4v) is 4.36. The third-order valence-corrected chi connectivity index (χ3v) is 6.05. The second-order valence-corrected chi connectivity index (χ2v) is 8.12. The van der Waals surface area contributed by atoms with Crippen molar-refractivity contribution >= 4 is 40.4 Å². The summed E-state index contributed by atoms with van der Waals surface area (Å²) in [4.78, 5) is 29.4. The Morgan fingerprint density at radius 3 is 2.63 bits per heavy atom. The molecule has 0 saturated heterocycles. The number of nitrogens with one attached hydrogen (secondary N) is 2. The molecule has 0 aliphatic carbocycles. The fourth-order valence-electron chi connectivity index (χ4n) is 3.28. The van der Waals surface area contributed by atoms with Crippen molar-refractivity contribution in [2.24, 2.45) is 0 Å². The summed E-state index contributed by atoms with van der Waals surface area (Å²) in [5.74, 6) is -0.563. The van der Waals surface area contributed by atoms with Gasteiger partial charge in [-0.1, -0.05) is 30.3 Å². The number of carbonyl (C=O) groups is 1. The normalized spacial score (nSPS) is 12.0. The van der Waals surface area contributed by atoms with E-state index in [1.807, 2.05) is 23.6 Å². The summed E-state index contributed by atoms with van der Waals surface area (Å²) in [5.41, 5.74) is 1.23. The van der Waals surface area contributed by atoms with E-state index in [0.29, 0.717) is 10.9 Å². The lowest BCUT2D eigenvalue weighted by Crippen LogP contribution is -2.31. The van der Waals surface area contributed by atoms with Gasteiger partial charge in [0.25, 0.3) is 5.56 Å². The van der Waals surface area contributed by atoms with E-state index < -0.39 is 0 Å². The standard InChI is InChI=1S/C22H18FN3O2S2/c23-15-9-7-14(8-10-15)20(18-6-3-13-30-18)25-19(27)11-12-26-21(28)16-4-1-2-5-17(16)24-22(26)29/h1-10,13,20H,11-12H2,(H,24,29)(H,25,27). The van der Waals surface area contributed by atoms with Crippen LogP contribution in [0.3, 0.4) is 0 Å². The molecule has 2 aromatic carbocycles. The number of carbonyl (C=O) groups excluding carboxylic acids is 1. The molecule has 8 heteroatoms. The van der Waals surface area contributed by atoms with Crippen molar-refractivity contribution in [3.63, 3.8) is 0 Å². The van der Waals surface area contributed by atoms with Gasteiger partial charge in [0.1, 0.15) is 5.82 Å². The molecule has 0 spiro atoms. The highest BCUT2D eigenvalue weighted by atomic mass is 32.1. The second kappa shape index (κ2) is 8.73. The highest BCUT2D eigenvalue weighted by Crippen LogP contribution is 2.26. The van der Waals surface area contributed by atoms with E-state index in [4.69, 9.17) is 12.2 Å². The van der Waals surface area contributed by atoms with Gasteiger partial charge in [-0.3, -0.25) is 14.2 Å². The number of para-hydroxylation sites is 1. The molecule has 0 saturated carbocycles. The molecule has 1 unspecified atom stereocenters. The molecule has 2 N–H and O–H groups in total. The number of aromatic amines is 1. The summed E-state index contributed by atoms with van der Waals surface area (Å²) in [6.07, 6.45) is 0.0821. The lowest BCUT2D eigenvalue weighted by Gasteiger charge is -2.18. The first-order valence-electron chi connectivity index (χ1n) is 9.33. The molecular formula is C22H18FN3O2S2. The number of nitrogens with zero attached hydrogens (tertiary/aromatic N) is 1. The maximum absolute atomic E-state index is 13.3. The van der Waals surface area contributed by atoms with Crippen LogP contribution in [0.15, 0.2) is 70.8 Å². The van der Waals surface area contributed by atoms with Crippen LogP contribution in [-0.2, 0) is 11.3 Å². The zero-order valence-electron chi connectivity index (χ0n) is 15.8. The van der Waals surface area contributed by atoms with E-state index in [0.717, 1.165) is 10.4 Å². The van der Waals surface area contributed by atoms with Crippen LogP contribution >= 0.6 is 23.6 Å². The van der Waals surface area contributed by atoms with Crippen molar-refractivity contribution in [3.05, 3.63) is 97.4 Å². The van der Waals surface area contributed by atoms with Gasteiger partial charge in [-0.05, 0) is 53.5 Å². The number of aromatic nitrogens is 2. The highest BCUT2D eigenvalue weighted by molar-refractivity contribution is 7.71. The Labute approximate surface area is 180 Å². The molecule has 0 bridgehead atoms. The lowest BCUT2D eigenvalue weighted by molar-refractivity contribution is -0.121. The maximum Gasteiger partial charge on any atom is 0.262 e. The monoisotopic (exact) mass is 439 g/mol. The van der Waals surface area contributed by atoms with Crippen LogP contribution < -0.4 is 10.9 Å². The SMILES string of the molecule is O=C(CCn1c(=S)[nH]c2ccccc2c1=O)NC(c1ccc(F)cc1)c1cccs1. The smallest absolute Gasteiger partial charge is 0.262 e. The third kappa shape index (κ3) is 4.24. The molecule has 0 radical (unpaired) electrons. The largest absolute Gasteiger partial charge is 0.344 e. The maximum atomic E-state index is 13.3. The predicted molar refractivity (Wildman–Crippen MR) is 119 cm³/mol. The van der Waals surface area contributed by atoms with Gasteiger partial charge >= 0.3 is 0 Å². The van der Waals surface area contributed by atoms with Crippen LogP contribution in [-0.4, -0.2) is 15.5 Å². The van der Waals surface area contributed by atoms with E-state index in [-0.39, 0.29) is 41.1 Å². The minimum absolute atomic E-state index is 0.0821. The number of fused-ring (bicyclic) bond motifs is 1. The number of thiophene rings is 1. The van der Waals surface area contributed by atoms with Crippen molar-refractivity contribution < 1.29 is 9.18 Å². The van der Waals surface area contributed by atoms with Gasteiger partial charge in [-0.2, -0.15) is 0 Å². The number of benzene rings is 2. The molecule has 0 aliphatic rings. The molecular weight excluding hydrogens is 421 g/mol. The van der Waals surface area contributed by atoms with Crippen LogP contribution in [0.1, 0.15) is 22.9 Å². The van der Waals surface area contributed by atoms with Crippen LogP contribution in [0.2, 0.25) is 0 Å². The molecule has 4 aromatic rings. The van der Waals surface area contributed by atoms with E-state index in [2.05, 4.69) is 10.3 Å². The van der Waals surface area contributed by atoms with Gasteiger partial charge in [0.05, 0.1) is 16.9 Å². The molecule has 0 fully saturated rings. The average Bonchev–Trinajstić information content (AvgIpc) is 3.27. The number of halogens is 1. The Bertz CT molecular complexity index is 1290. The Morgan fingerprint density at radius 2 is 1.90 bits per heavy atom. The fraction of sp³-hybridized carbons (Fsp3) is 0.136. The third-order valence-electron chi connectivity index (χ3n) is 4.79.